The minimum absolute atomic E-state index is 0.0149. The Labute approximate surface area is 211 Å². The van der Waals surface area contributed by atoms with Crippen LogP contribution in [-0.4, -0.2) is 58.1 Å². The Hall–Kier alpha value is -2.84. The number of para-hydroxylation sites is 1. The van der Waals surface area contributed by atoms with Gasteiger partial charge in [-0.3, -0.25) is 14.3 Å². The molecule has 0 radical (unpaired) electrons. The summed E-state index contributed by atoms with van der Waals surface area (Å²) in [5, 5.41) is 12.9. The Morgan fingerprint density at radius 1 is 1.06 bits per heavy atom. The van der Waals surface area contributed by atoms with Gasteiger partial charge in [0.25, 0.3) is 0 Å². The molecule has 1 atom stereocenters. The van der Waals surface area contributed by atoms with Crippen LogP contribution in [0.25, 0.3) is 5.69 Å². The highest BCUT2D eigenvalue weighted by Gasteiger charge is 2.31. The third-order valence-corrected chi connectivity index (χ3v) is 7.70. The zero-order chi connectivity index (χ0) is 24.0. The van der Waals surface area contributed by atoms with Gasteiger partial charge < -0.3 is 10.1 Å². The third kappa shape index (κ3) is 5.87. The lowest BCUT2D eigenvalue weighted by molar-refractivity contribution is -0.118. The SMILES string of the molecule is COc1ccc(C(CNC(=O)CSc2nnc(C3CC3)n2-c2ccccc2)N2CCCCC2)cc1. The number of methoxy groups -OCH3 is 1. The molecule has 7 nitrogen and oxygen atoms in total. The summed E-state index contributed by atoms with van der Waals surface area (Å²) in [6, 6.07) is 18.6. The monoisotopic (exact) mass is 491 g/mol. The van der Waals surface area contributed by atoms with E-state index in [-0.39, 0.29) is 11.9 Å². The summed E-state index contributed by atoms with van der Waals surface area (Å²) in [5.74, 6) is 2.65. The van der Waals surface area contributed by atoms with Crippen molar-refractivity contribution in [2.24, 2.45) is 0 Å². The lowest BCUT2D eigenvalue weighted by Gasteiger charge is -2.35. The molecular formula is C27H33N5O2S. The molecule has 2 aliphatic rings. The van der Waals surface area contributed by atoms with Gasteiger partial charge in [-0.1, -0.05) is 48.5 Å². The van der Waals surface area contributed by atoms with Crippen LogP contribution in [0.15, 0.2) is 59.8 Å². The van der Waals surface area contributed by atoms with Crippen LogP contribution in [0.5, 0.6) is 5.75 Å². The number of benzene rings is 2. The first-order valence-corrected chi connectivity index (χ1v) is 13.5. The van der Waals surface area contributed by atoms with E-state index in [1.165, 1.54) is 36.6 Å². The summed E-state index contributed by atoms with van der Waals surface area (Å²) in [6.45, 7) is 2.71. The van der Waals surface area contributed by atoms with Crippen LogP contribution in [0.4, 0.5) is 0 Å². The number of aromatic nitrogens is 3. The predicted molar refractivity (Wildman–Crippen MR) is 138 cm³/mol. The Morgan fingerprint density at radius 3 is 2.49 bits per heavy atom. The number of ether oxygens (including phenoxy) is 1. The number of nitrogens with one attached hydrogen (secondary N) is 1. The van der Waals surface area contributed by atoms with Crippen LogP contribution in [0.1, 0.15) is 55.5 Å². The molecule has 2 heterocycles. The van der Waals surface area contributed by atoms with Gasteiger partial charge in [-0.15, -0.1) is 10.2 Å². The van der Waals surface area contributed by atoms with E-state index in [0.717, 1.165) is 48.3 Å². The molecule has 1 aliphatic heterocycles. The molecule has 184 valence electrons. The van der Waals surface area contributed by atoms with Crippen LogP contribution in [0, 0.1) is 0 Å². The van der Waals surface area contributed by atoms with Crippen molar-refractivity contribution in [1.29, 1.82) is 0 Å². The fraction of sp³-hybridized carbons (Fsp3) is 0.444. The fourth-order valence-corrected chi connectivity index (χ4v) is 5.49. The largest absolute Gasteiger partial charge is 0.497 e. The zero-order valence-electron chi connectivity index (χ0n) is 20.2. The summed E-state index contributed by atoms with van der Waals surface area (Å²) in [4.78, 5) is 15.4. The molecule has 1 aromatic heterocycles. The van der Waals surface area contributed by atoms with Gasteiger partial charge in [0.05, 0.1) is 18.9 Å². The molecule has 3 aromatic rings. The van der Waals surface area contributed by atoms with Gasteiger partial charge in [-0.25, -0.2) is 0 Å². The number of carbonyl (C=O) groups excluding carboxylic acids is 1. The molecule has 8 heteroatoms. The molecule has 0 bridgehead atoms. The average Bonchev–Trinajstić information content (AvgIpc) is 3.68. The van der Waals surface area contributed by atoms with Crippen LogP contribution in [0.2, 0.25) is 0 Å². The number of rotatable bonds is 10. The van der Waals surface area contributed by atoms with E-state index in [1.54, 1.807) is 7.11 Å². The molecule has 1 N–H and O–H groups in total. The van der Waals surface area contributed by atoms with Gasteiger partial charge in [-0.05, 0) is 68.6 Å². The Bertz CT molecular complexity index is 1110. The highest BCUT2D eigenvalue weighted by molar-refractivity contribution is 7.99. The van der Waals surface area contributed by atoms with E-state index in [1.807, 2.05) is 30.3 Å². The van der Waals surface area contributed by atoms with Crippen LogP contribution in [0.3, 0.4) is 0 Å². The predicted octanol–water partition coefficient (Wildman–Crippen LogP) is 4.59. The van der Waals surface area contributed by atoms with Gasteiger partial charge in [-0.2, -0.15) is 0 Å². The van der Waals surface area contributed by atoms with Crippen LogP contribution < -0.4 is 10.1 Å². The molecule has 35 heavy (non-hydrogen) atoms. The summed E-state index contributed by atoms with van der Waals surface area (Å²) in [5.41, 5.74) is 2.26. The lowest BCUT2D eigenvalue weighted by atomic mass is 10.0. The van der Waals surface area contributed by atoms with Crippen molar-refractivity contribution in [2.45, 2.75) is 49.2 Å². The quantitative estimate of drug-likeness (QED) is 0.418. The number of likely N-dealkylation sites (tertiary alicyclic amines) is 1. The summed E-state index contributed by atoms with van der Waals surface area (Å²) in [6.07, 6.45) is 5.99. The van der Waals surface area contributed by atoms with Crippen LogP contribution >= 0.6 is 11.8 Å². The van der Waals surface area contributed by atoms with Crippen molar-refractivity contribution in [3.05, 3.63) is 66.0 Å². The molecule has 1 saturated carbocycles. The second-order valence-corrected chi connectivity index (χ2v) is 10.2. The van der Waals surface area contributed by atoms with Crippen molar-refractivity contribution < 1.29 is 9.53 Å². The normalized spacial score (nSPS) is 17.2. The maximum Gasteiger partial charge on any atom is 0.230 e. The Balaban J connectivity index is 1.24. The Morgan fingerprint density at radius 2 is 1.80 bits per heavy atom. The van der Waals surface area contributed by atoms with Gasteiger partial charge in [0.2, 0.25) is 5.91 Å². The molecule has 5 rings (SSSR count). The van der Waals surface area contributed by atoms with E-state index in [0.29, 0.717) is 18.2 Å². The first-order valence-electron chi connectivity index (χ1n) is 12.5. The smallest absolute Gasteiger partial charge is 0.230 e. The van der Waals surface area contributed by atoms with E-state index >= 15 is 0 Å². The summed E-state index contributed by atoms with van der Waals surface area (Å²) >= 11 is 1.45. The molecule has 0 spiro atoms. The molecule has 1 unspecified atom stereocenters. The van der Waals surface area contributed by atoms with Gasteiger partial charge in [0, 0.05) is 18.2 Å². The number of carbonyl (C=O) groups is 1. The Kier molecular flexibility index (Phi) is 7.69. The average molecular weight is 492 g/mol. The number of thioether (sulfide) groups is 1. The van der Waals surface area contributed by atoms with E-state index < -0.39 is 0 Å². The zero-order valence-corrected chi connectivity index (χ0v) is 21.0. The first kappa shape index (κ1) is 23.9. The second-order valence-electron chi connectivity index (χ2n) is 9.26. The number of hydrogen-bond donors (Lipinski definition) is 1. The van der Waals surface area contributed by atoms with Crippen molar-refractivity contribution >= 4 is 17.7 Å². The van der Waals surface area contributed by atoms with E-state index in [9.17, 15) is 4.79 Å². The standard InChI is InChI=1S/C27H33N5O2S/c1-34-23-14-12-20(13-15-23)24(31-16-6-3-7-17-31)18-28-25(33)19-35-27-30-29-26(21-10-11-21)32(27)22-8-4-2-5-9-22/h2,4-5,8-9,12-15,21,24H,3,6-7,10-11,16-19H2,1H3,(H,28,33). The maximum absolute atomic E-state index is 12.9. The van der Waals surface area contributed by atoms with Crippen molar-refractivity contribution in [3.8, 4) is 11.4 Å². The van der Waals surface area contributed by atoms with Crippen molar-refractivity contribution in [1.82, 2.24) is 25.0 Å². The van der Waals surface area contributed by atoms with Crippen molar-refractivity contribution in [3.63, 3.8) is 0 Å². The minimum Gasteiger partial charge on any atom is -0.497 e. The molecule has 1 saturated heterocycles. The van der Waals surface area contributed by atoms with Gasteiger partial charge in [0.1, 0.15) is 11.6 Å². The maximum atomic E-state index is 12.9. The second kappa shape index (κ2) is 11.3. The number of piperidine rings is 1. The minimum atomic E-state index is 0.0149. The number of nitrogens with zero attached hydrogens (tertiary/aromatic N) is 4. The molecular weight excluding hydrogens is 458 g/mol. The molecule has 1 amide bonds. The number of amides is 1. The molecule has 2 fully saturated rings. The van der Waals surface area contributed by atoms with E-state index in [2.05, 4.69) is 49.2 Å². The lowest BCUT2D eigenvalue weighted by Crippen LogP contribution is -2.41. The first-order chi connectivity index (χ1) is 17.2. The van der Waals surface area contributed by atoms with Gasteiger partial charge >= 0.3 is 0 Å². The van der Waals surface area contributed by atoms with Gasteiger partial charge in [0.15, 0.2) is 5.16 Å². The third-order valence-electron chi connectivity index (χ3n) is 6.77. The van der Waals surface area contributed by atoms with Crippen LogP contribution in [-0.2, 0) is 4.79 Å². The highest BCUT2D eigenvalue weighted by atomic mass is 32.2. The fourth-order valence-electron chi connectivity index (χ4n) is 4.71. The topological polar surface area (TPSA) is 72.3 Å². The van der Waals surface area contributed by atoms with E-state index in [4.69, 9.17) is 4.74 Å². The molecule has 1 aliphatic carbocycles. The van der Waals surface area contributed by atoms with Crippen molar-refractivity contribution in [2.75, 3.05) is 32.5 Å². The summed E-state index contributed by atoms with van der Waals surface area (Å²) < 4.78 is 7.44. The number of hydrogen-bond acceptors (Lipinski definition) is 6. The highest BCUT2D eigenvalue weighted by Crippen LogP contribution is 2.41. The summed E-state index contributed by atoms with van der Waals surface area (Å²) in [7, 11) is 1.68. The molecule has 2 aromatic carbocycles.